The number of aromatic nitrogens is 2. The van der Waals surface area contributed by atoms with Crippen molar-refractivity contribution in [2.45, 2.75) is 18.7 Å². The Hall–Kier alpha value is -2.05. The van der Waals surface area contributed by atoms with E-state index in [1.165, 1.54) is 35.6 Å². The Morgan fingerprint density at radius 3 is 2.52 bits per heavy atom. The monoisotopic (exact) mass is 350 g/mol. The molecule has 3 aromatic rings. The van der Waals surface area contributed by atoms with E-state index in [0.717, 1.165) is 11.1 Å². The van der Waals surface area contributed by atoms with Gasteiger partial charge in [0.15, 0.2) is 0 Å². The fourth-order valence-corrected chi connectivity index (χ4v) is 3.84. The maximum atomic E-state index is 12.9. The van der Waals surface area contributed by atoms with Gasteiger partial charge in [0.1, 0.15) is 12.1 Å². The van der Waals surface area contributed by atoms with Crippen LogP contribution in [0.4, 0.5) is 0 Å². The topological polar surface area (TPSA) is 61.2 Å². The zero-order valence-corrected chi connectivity index (χ0v) is 14.4. The van der Waals surface area contributed by atoms with Crippen LogP contribution in [0, 0.1) is 13.8 Å². The smallest absolute Gasteiger partial charge is 0.269 e. The maximum absolute atomic E-state index is 12.9. The predicted octanol–water partition coefficient (Wildman–Crippen LogP) is 3.55. The molecule has 23 heavy (non-hydrogen) atoms. The number of hydrogen-bond donors (Lipinski definition) is 0. The van der Waals surface area contributed by atoms with Crippen LogP contribution in [-0.2, 0) is 10.0 Å². The van der Waals surface area contributed by atoms with Gasteiger partial charge in [0, 0.05) is 6.07 Å². The van der Waals surface area contributed by atoms with Gasteiger partial charge in [0.25, 0.3) is 10.0 Å². The number of imidazole rings is 1. The van der Waals surface area contributed by atoms with Crippen LogP contribution in [0.15, 0.2) is 41.6 Å². The predicted molar refractivity (Wildman–Crippen MR) is 89.8 cm³/mol. The van der Waals surface area contributed by atoms with Gasteiger partial charge in [-0.2, -0.15) is 0 Å². The van der Waals surface area contributed by atoms with Gasteiger partial charge in [-0.1, -0.05) is 11.6 Å². The summed E-state index contributed by atoms with van der Waals surface area (Å²) >= 11 is 5.97. The molecule has 0 atom stereocenters. The minimum Gasteiger partial charge on any atom is -0.495 e. The molecule has 5 nitrogen and oxygen atoms in total. The second kappa shape index (κ2) is 5.54. The number of aryl methyl sites for hydroxylation is 2. The molecule has 0 aliphatic heterocycles. The Kier molecular flexibility index (Phi) is 3.82. The van der Waals surface area contributed by atoms with Crippen LogP contribution in [-0.4, -0.2) is 24.5 Å². The Labute approximate surface area is 139 Å². The molecule has 0 spiro atoms. The van der Waals surface area contributed by atoms with Crippen LogP contribution in [0.3, 0.4) is 0 Å². The average molecular weight is 351 g/mol. The molecule has 0 N–H and O–H groups in total. The summed E-state index contributed by atoms with van der Waals surface area (Å²) in [5.41, 5.74) is 3.25. The van der Waals surface area contributed by atoms with Gasteiger partial charge >= 0.3 is 0 Å². The molecule has 3 rings (SSSR count). The Bertz CT molecular complexity index is 1010. The van der Waals surface area contributed by atoms with Crippen molar-refractivity contribution in [3.8, 4) is 5.75 Å². The van der Waals surface area contributed by atoms with Gasteiger partial charge in [0.2, 0.25) is 0 Å². The highest BCUT2D eigenvalue weighted by Gasteiger charge is 2.21. The highest BCUT2D eigenvalue weighted by molar-refractivity contribution is 7.90. The van der Waals surface area contributed by atoms with Crippen molar-refractivity contribution in [3.63, 3.8) is 0 Å². The number of rotatable bonds is 3. The highest BCUT2D eigenvalue weighted by atomic mass is 35.5. The molecule has 0 aliphatic rings. The number of fused-ring (bicyclic) bond motifs is 1. The summed E-state index contributed by atoms with van der Waals surface area (Å²) in [6.07, 6.45) is 1.32. The molecule has 0 fully saturated rings. The first kappa shape index (κ1) is 15.8. The first-order chi connectivity index (χ1) is 10.8. The maximum Gasteiger partial charge on any atom is 0.269 e. The van der Waals surface area contributed by atoms with E-state index in [4.69, 9.17) is 16.3 Å². The largest absolute Gasteiger partial charge is 0.495 e. The van der Waals surface area contributed by atoms with E-state index in [9.17, 15) is 8.42 Å². The van der Waals surface area contributed by atoms with Gasteiger partial charge < -0.3 is 4.74 Å². The lowest BCUT2D eigenvalue weighted by molar-refractivity contribution is 0.413. The molecule has 7 heteroatoms. The number of methoxy groups -OCH3 is 1. The van der Waals surface area contributed by atoms with Crippen LogP contribution in [0.25, 0.3) is 11.0 Å². The first-order valence-electron chi connectivity index (χ1n) is 6.88. The van der Waals surface area contributed by atoms with Gasteiger partial charge in [-0.3, -0.25) is 0 Å². The van der Waals surface area contributed by atoms with Crippen molar-refractivity contribution in [1.29, 1.82) is 0 Å². The Balaban J connectivity index is 2.23. The fraction of sp³-hybridized carbons (Fsp3) is 0.188. The van der Waals surface area contributed by atoms with E-state index in [1.54, 1.807) is 0 Å². The molecule has 0 aliphatic carbocycles. The lowest BCUT2D eigenvalue weighted by atomic mass is 10.1. The standard InChI is InChI=1S/C16H15ClN2O3S/c1-10-6-14-15(7-11(10)2)19(9-18-14)23(20,21)12-4-5-13(17)16(8-12)22-3/h4-9H,1-3H3. The summed E-state index contributed by atoms with van der Waals surface area (Å²) in [7, 11) is -2.34. The van der Waals surface area contributed by atoms with E-state index in [0.29, 0.717) is 21.8 Å². The molecule has 0 saturated heterocycles. The molecule has 0 saturated carbocycles. The van der Waals surface area contributed by atoms with Gasteiger partial charge in [0.05, 0.1) is 28.1 Å². The Morgan fingerprint density at radius 2 is 1.83 bits per heavy atom. The Morgan fingerprint density at radius 1 is 1.13 bits per heavy atom. The quantitative estimate of drug-likeness (QED) is 0.724. The molecule has 0 radical (unpaired) electrons. The lowest BCUT2D eigenvalue weighted by Crippen LogP contribution is -2.12. The van der Waals surface area contributed by atoms with Crippen molar-refractivity contribution in [1.82, 2.24) is 8.96 Å². The first-order valence-corrected chi connectivity index (χ1v) is 8.70. The van der Waals surface area contributed by atoms with Crippen LogP contribution < -0.4 is 4.74 Å². The number of ether oxygens (including phenoxy) is 1. The molecule has 0 unspecified atom stereocenters. The molecule has 0 amide bonds. The third kappa shape index (κ3) is 2.58. The van der Waals surface area contributed by atoms with E-state index >= 15 is 0 Å². The zero-order valence-electron chi connectivity index (χ0n) is 12.9. The summed E-state index contributed by atoms with van der Waals surface area (Å²) in [6.45, 7) is 3.90. The van der Waals surface area contributed by atoms with Gasteiger partial charge in [-0.25, -0.2) is 17.4 Å². The average Bonchev–Trinajstić information content (AvgIpc) is 2.91. The van der Waals surface area contributed by atoms with Crippen LogP contribution in [0.1, 0.15) is 11.1 Å². The van der Waals surface area contributed by atoms with Crippen LogP contribution >= 0.6 is 11.6 Å². The van der Waals surface area contributed by atoms with E-state index in [-0.39, 0.29) is 4.90 Å². The molecule has 1 aromatic heterocycles. The third-order valence-electron chi connectivity index (χ3n) is 3.81. The van der Waals surface area contributed by atoms with Crippen molar-refractivity contribution in [2.24, 2.45) is 0 Å². The van der Waals surface area contributed by atoms with Gasteiger partial charge in [-0.15, -0.1) is 0 Å². The fourth-order valence-electron chi connectivity index (χ4n) is 2.35. The summed E-state index contributed by atoms with van der Waals surface area (Å²) in [5.74, 6) is 0.309. The number of nitrogens with zero attached hydrogens (tertiary/aromatic N) is 2. The minimum absolute atomic E-state index is 0.0938. The summed E-state index contributed by atoms with van der Waals surface area (Å²) in [6, 6.07) is 8.06. The lowest BCUT2D eigenvalue weighted by Gasteiger charge is -2.10. The number of halogens is 1. The van der Waals surface area contributed by atoms with E-state index < -0.39 is 10.0 Å². The molecular weight excluding hydrogens is 336 g/mol. The second-order valence-electron chi connectivity index (χ2n) is 5.27. The van der Waals surface area contributed by atoms with Crippen LogP contribution in [0.2, 0.25) is 5.02 Å². The second-order valence-corrected chi connectivity index (χ2v) is 7.49. The zero-order chi connectivity index (χ0) is 16.8. The summed E-state index contributed by atoms with van der Waals surface area (Å²) in [5, 5.41) is 0.355. The normalized spacial score (nSPS) is 11.8. The molecular formula is C16H15ClN2O3S. The highest BCUT2D eigenvalue weighted by Crippen LogP contribution is 2.29. The molecule has 120 valence electrons. The van der Waals surface area contributed by atoms with Crippen LogP contribution in [0.5, 0.6) is 5.75 Å². The third-order valence-corrected chi connectivity index (χ3v) is 5.78. The van der Waals surface area contributed by atoms with Crippen molar-refractivity contribution in [2.75, 3.05) is 7.11 Å². The van der Waals surface area contributed by atoms with Gasteiger partial charge in [-0.05, 0) is 49.2 Å². The number of benzene rings is 2. The number of hydrogen-bond acceptors (Lipinski definition) is 4. The van der Waals surface area contributed by atoms with Crippen molar-refractivity contribution < 1.29 is 13.2 Å². The summed E-state index contributed by atoms with van der Waals surface area (Å²) < 4.78 is 32.1. The molecule has 0 bridgehead atoms. The van der Waals surface area contributed by atoms with E-state index in [1.807, 2.05) is 26.0 Å². The summed E-state index contributed by atoms with van der Waals surface area (Å²) in [4.78, 5) is 4.29. The van der Waals surface area contributed by atoms with Crippen molar-refractivity contribution >= 4 is 32.7 Å². The SMILES string of the molecule is COc1cc(S(=O)(=O)n2cnc3cc(C)c(C)cc32)ccc1Cl. The molecule has 2 aromatic carbocycles. The van der Waals surface area contributed by atoms with Crippen molar-refractivity contribution in [3.05, 3.63) is 52.8 Å². The molecule has 1 heterocycles. The minimum atomic E-state index is -3.79. The van der Waals surface area contributed by atoms with E-state index in [2.05, 4.69) is 4.98 Å².